The second-order valence-corrected chi connectivity index (χ2v) is 6.96. The lowest BCUT2D eigenvalue weighted by molar-refractivity contribution is -0.146. The summed E-state index contributed by atoms with van der Waals surface area (Å²) in [5.41, 5.74) is 2.05. The fourth-order valence-corrected chi connectivity index (χ4v) is 3.00. The van der Waals surface area contributed by atoms with Gasteiger partial charge in [0.1, 0.15) is 23.7 Å². The van der Waals surface area contributed by atoms with Gasteiger partial charge in [0.05, 0.1) is 31.6 Å². The minimum Gasteiger partial charge on any atom is -0.497 e. The fraction of sp³-hybridized carbons (Fsp3) is 0.261. The number of rotatable bonds is 8. The average Bonchev–Trinajstić information content (AvgIpc) is 3.22. The summed E-state index contributed by atoms with van der Waals surface area (Å²) in [6.45, 7) is 3.25. The van der Waals surface area contributed by atoms with Crippen molar-refractivity contribution in [1.82, 2.24) is 15.1 Å². The van der Waals surface area contributed by atoms with Crippen LogP contribution in [0.3, 0.4) is 0 Å². The van der Waals surface area contributed by atoms with E-state index in [2.05, 4.69) is 10.4 Å². The molecule has 3 rings (SSSR count). The molecule has 1 aromatic heterocycles. The molecule has 0 saturated carbocycles. The highest BCUT2D eigenvalue weighted by Crippen LogP contribution is 2.35. The molecule has 31 heavy (non-hydrogen) atoms. The van der Waals surface area contributed by atoms with Crippen molar-refractivity contribution in [2.45, 2.75) is 20.0 Å². The molecule has 0 aliphatic rings. The molecule has 0 fully saturated rings. The smallest absolute Gasteiger partial charge is 0.325 e. The Balaban J connectivity index is 2.03. The Morgan fingerprint density at radius 3 is 2.45 bits per heavy atom. The molecule has 8 nitrogen and oxygen atoms in total. The predicted octanol–water partition coefficient (Wildman–Crippen LogP) is 3.24. The van der Waals surface area contributed by atoms with E-state index < -0.39 is 11.9 Å². The number of methoxy groups -OCH3 is 2. The number of amides is 1. The minimum absolute atomic E-state index is 0.248. The summed E-state index contributed by atoms with van der Waals surface area (Å²) in [5.74, 6) is 0.159. The van der Waals surface area contributed by atoms with E-state index in [0.717, 1.165) is 5.69 Å². The van der Waals surface area contributed by atoms with E-state index >= 15 is 0 Å². The third-order valence-electron chi connectivity index (χ3n) is 4.40. The number of ether oxygens (including phenoxy) is 3. The molecule has 0 aliphatic carbocycles. The Morgan fingerprint density at radius 2 is 1.81 bits per heavy atom. The number of hydrogen-bond acceptors (Lipinski definition) is 6. The van der Waals surface area contributed by atoms with Gasteiger partial charge in [-0.1, -0.05) is 18.2 Å². The van der Waals surface area contributed by atoms with E-state index in [4.69, 9.17) is 14.2 Å². The first kappa shape index (κ1) is 21.9. The van der Waals surface area contributed by atoms with Crippen molar-refractivity contribution < 1.29 is 23.8 Å². The van der Waals surface area contributed by atoms with E-state index in [9.17, 15) is 9.59 Å². The first-order valence-corrected chi connectivity index (χ1v) is 9.78. The van der Waals surface area contributed by atoms with Crippen molar-refractivity contribution in [3.63, 3.8) is 0 Å². The van der Waals surface area contributed by atoms with Gasteiger partial charge in [0.25, 0.3) is 5.91 Å². The van der Waals surface area contributed by atoms with Crippen LogP contribution in [0.15, 0.2) is 54.7 Å². The maximum atomic E-state index is 13.0. The van der Waals surface area contributed by atoms with Gasteiger partial charge in [-0.25, -0.2) is 4.68 Å². The molecule has 0 unspecified atom stereocenters. The molecule has 1 N–H and O–H groups in total. The summed E-state index contributed by atoms with van der Waals surface area (Å²) in [6.07, 6.45) is 1.36. The maximum Gasteiger partial charge on any atom is 0.325 e. The largest absolute Gasteiger partial charge is 0.497 e. The Morgan fingerprint density at radius 1 is 1.06 bits per heavy atom. The van der Waals surface area contributed by atoms with E-state index in [1.54, 1.807) is 57.1 Å². The molecule has 162 valence electrons. The zero-order chi connectivity index (χ0) is 22.4. The van der Waals surface area contributed by atoms with Crippen LogP contribution in [-0.4, -0.2) is 48.5 Å². The van der Waals surface area contributed by atoms with Crippen molar-refractivity contribution in [3.8, 4) is 28.4 Å². The van der Waals surface area contributed by atoms with Crippen LogP contribution >= 0.6 is 0 Å². The van der Waals surface area contributed by atoms with Gasteiger partial charge < -0.3 is 19.5 Å². The predicted molar refractivity (Wildman–Crippen MR) is 116 cm³/mol. The van der Waals surface area contributed by atoms with Crippen molar-refractivity contribution >= 4 is 11.9 Å². The number of nitrogens with one attached hydrogen (secondary N) is 1. The van der Waals surface area contributed by atoms with Crippen molar-refractivity contribution in [1.29, 1.82) is 0 Å². The summed E-state index contributed by atoms with van der Waals surface area (Å²) in [4.78, 5) is 24.8. The number of nitrogens with zero attached hydrogens (tertiary/aromatic N) is 2. The van der Waals surface area contributed by atoms with E-state index in [1.165, 1.54) is 0 Å². The molecule has 8 heteroatoms. The zero-order valence-corrected chi connectivity index (χ0v) is 17.9. The molecule has 0 spiro atoms. The molecule has 1 heterocycles. The van der Waals surface area contributed by atoms with Gasteiger partial charge >= 0.3 is 5.97 Å². The van der Waals surface area contributed by atoms with Crippen LogP contribution in [0.2, 0.25) is 0 Å². The van der Waals surface area contributed by atoms with Crippen LogP contribution in [0.1, 0.15) is 24.2 Å². The second kappa shape index (κ2) is 9.80. The monoisotopic (exact) mass is 423 g/mol. The first-order chi connectivity index (χ1) is 14.9. The molecular formula is C23H25N3O5. The highest BCUT2D eigenvalue weighted by Gasteiger charge is 2.22. The maximum absolute atomic E-state index is 13.0. The number of esters is 1. The number of hydrogen-bond donors (Lipinski definition) is 1. The molecule has 1 amide bonds. The average molecular weight is 423 g/mol. The first-order valence-electron chi connectivity index (χ1n) is 9.78. The van der Waals surface area contributed by atoms with Crippen LogP contribution in [0.5, 0.6) is 11.5 Å². The molecule has 2 aromatic carbocycles. The highest BCUT2D eigenvalue weighted by molar-refractivity contribution is 6.01. The van der Waals surface area contributed by atoms with Crippen LogP contribution in [0.25, 0.3) is 16.9 Å². The molecular weight excluding hydrogens is 398 g/mol. The summed E-state index contributed by atoms with van der Waals surface area (Å²) < 4.78 is 17.5. The summed E-state index contributed by atoms with van der Waals surface area (Å²) >= 11 is 0. The lowest BCUT2D eigenvalue weighted by Crippen LogP contribution is -2.31. The van der Waals surface area contributed by atoms with E-state index in [-0.39, 0.29) is 18.2 Å². The van der Waals surface area contributed by atoms with Crippen molar-refractivity contribution in [3.05, 3.63) is 60.3 Å². The minimum atomic E-state index is -0.515. The van der Waals surface area contributed by atoms with E-state index in [0.29, 0.717) is 22.8 Å². The number of benzene rings is 2. The SMILES string of the molecule is COc1ccc(OC)c(-c2nn(-c3ccccc3)cc2C(=O)NCC(=O)OC(C)C)c1. The second-order valence-electron chi connectivity index (χ2n) is 6.96. The Bertz CT molecular complexity index is 1060. The third kappa shape index (κ3) is 5.22. The highest BCUT2D eigenvalue weighted by atomic mass is 16.5. The van der Waals surface area contributed by atoms with Gasteiger partial charge in [0.15, 0.2) is 0 Å². The van der Waals surface area contributed by atoms with Crippen LogP contribution in [0.4, 0.5) is 0 Å². The summed E-state index contributed by atoms with van der Waals surface area (Å²) in [5, 5.41) is 7.24. The normalized spacial score (nSPS) is 10.6. The Hall–Kier alpha value is -3.81. The van der Waals surface area contributed by atoms with Crippen LogP contribution in [-0.2, 0) is 9.53 Å². The van der Waals surface area contributed by atoms with Crippen molar-refractivity contribution in [2.75, 3.05) is 20.8 Å². The fourth-order valence-electron chi connectivity index (χ4n) is 3.00. The van der Waals surface area contributed by atoms with Gasteiger partial charge in [-0.15, -0.1) is 0 Å². The number of aromatic nitrogens is 2. The third-order valence-corrected chi connectivity index (χ3v) is 4.40. The standard InChI is InChI=1S/C23H25N3O5/c1-15(2)31-21(27)13-24-23(28)19-14-26(16-8-6-5-7-9-16)25-22(19)18-12-17(29-3)10-11-20(18)30-4/h5-12,14-15H,13H2,1-4H3,(H,24,28). The van der Waals surface area contributed by atoms with Gasteiger partial charge in [-0.3, -0.25) is 9.59 Å². The lowest BCUT2D eigenvalue weighted by Gasteiger charge is -2.11. The van der Waals surface area contributed by atoms with Gasteiger partial charge in [0, 0.05) is 11.8 Å². The van der Waals surface area contributed by atoms with Gasteiger partial charge in [0.2, 0.25) is 0 Å². The Kier molecular flexibility index (Phi) is 6.92. The molecule has 0 atom stereocenters. The molecule has 0 radical (unpaired) electrons. The molecule has 0 saturated heterocycles. The van der Waals surface area contributed by atoms with E-state index in [1.807, 2.05) is 30.3 Å². The summed E-state index contributed by atoms with van der Waals surface area (Å²) in [6, 6.07) is 14.7. The van der Waals surface area contributed by atoms with Gasteiger partial charge in [-0.2, -0.15) is 5.10 Å². The zero-order valence-electron chi connectivity index (χ0n) is 17.9. The number of carbonyl (C=O) groups is 2. The van der Waals surface area contributed by atoms with Crippen LogP contribution < -0.4 is 14.8 Å². The van der Waals surface area contributed by atoms with Crippen LogP contribution in [0, 0.1) is 0 Å². The van der Waals surface area contributed by atoms with Gasteiger partial charge in [-0.05, 0) is 44.2 Å². The Labute approximate surface area is 180 Å². The molecule has 0 aliphatic heterocycles. The topological polar surface area (TPSA) is 91.7 Å². The lowest BCUT2D eigenvalue weighted by atomic mass is 10.1. The number of para-hydroxylation sites is 1. The van der Waals surface area contributed by atoms with Crippen molar-refractivity contribution in [2.24, 2.45) is 0 Å². The number of carbonyl (C=O) groups excluding carboxylic acids is 2. The molecule has 3 aromatic rings. The summed E-state index contributed by atoms with van der Waals surface area (Å²) in [7, 11) is 3.10. The quantitative estimate of drug-likeness (QED) is 0.560. The molecule has 0 bridgehead atoms.